The van der Waals surface area contributed by atoms with Gasteiger partial charge < -0.3 is 0 Å². The molecule has 1 aliphatic rings. The van der Waals surface area contributed by atoms with Gasteiger partial charge in [-0.2, -0.15) is 0 Å². The fraction of sp³-hybridized carbons (Fsp3) is 0.500. The highest BCUT2D eigenvalue weighted by atomic mass is 14.3. The zero-order chi connectivity index (χ0) is 20.3. The lowest BCUT2D eigenvalue weighted by Gasteiger charge is -2.33. The highest BCUT2D eigenvalue weighted by molar-refractivity contribution is 5.64. The lowest BCUT2D eigenvalue weighted by molar-refractivity contribution is 0.314. The molecule has 2 aromatic rings. The number of fused-ring (bicyclic) bond motifs is 1. The number of aryl methyl sites for hydroxylation is 1. The molecule has 0 saturated carbocycles. The molecular formula is C28H38. The molecular weight excluding hydrogens is 336 g/mol. The van der Waals surface area contributed by atoms with Gasteiger partial charge in [0.25, 0.3) is 0 Å². The molecule has 0 unspecified atom stereocenters. The Morgan fingerprint density at radius 2 is 1.79 bits per heavy atom. The molecule has 0 heteroatoms. The van der Waals surface area contributed by atoms with Gasteiger partial charge >= 0.3 is 0 Å². The molecule has 28 heavy (non-hydrogen) atoms. The summed E-state index contributed by atoms with van der Waals surface area (Å²) in [7, 11) is 0. The lowest BCUT2D eigenvalue weighted by Crippen LogP contribution is -2.23. The van der Waals surface area contributed by atoms with Crippen molar-refractivity contribution in [1.82, 2.24) is 0 Å². The summed E-state index contributed by atoms with van der Waals surface area (Å²) in [6.07, 6.45) is 8.22. The molecule has 0 amide bonds. The number of benzene rings is 2. The second-order valence-corrected chi connectivity index (χ2v) is 9.93. The minimum absolute atomic E-state index is 0.444. The van der Waals surface area contributed by atoms with Gasteiger partial charge in [0.1, 0.15) is 0 Å². The van der Waals surface area contributed by atoms with Gasteiger partial charge in [-0.3, -0.25) is 0 Å². The van der Waals surface area contributed by atoms with Crippen LogP contribution in [0.1, 0.15) is 80.8 Å². The van der Waals surface area contributed by atoms with Gasteiger partial charge in [-0.25, -0.2) is 0 Å². The predicted molar refractivity (Wildman–Crippen MR) is 124 cm³/mol. The van der Waals surface area contributed by atoms with E-state index in [2.05, 4.69) is 77.6 Å². The summed E-state index contributed by atoms with van der Waals surface area (Å²) >= 11 is 0. The zero-order valence-electron chi connectivity index (χ0n) is 18.7. The van der Waals surface area contributed by atoms with Crippen molar-refractivity contribution < 1.29 is 0 Å². The normalized spacial score (nSPS) is 15.5. The van der Waals surface area contributed by atoms with Crippen molar-refractivity contribution in [3.63, 3.8) is 0 Å². The predicted octanol–water partition coefficient (Wildman–Crippen LogP) is 7.61. The van der Waals surface area contributed by atoms with Crippen LogP contribution in [0, 0.1) is 11.3 Å². The van der Waals surface area contributed by atoms with Crippen molar-refractivity contribution in [1.29, 1.82) is 0 Å². The van der Waals surface area contributed by atoms with Crippen LogP contribution in [0.5, 0.6) is 0 Å². The molecule has 0 bridgehead atoms. The molecule has 0 saturated heterocycles. The van der Waals surface area contributed by atoms with Crippen LogP contribution in [0.2, 0.25) is 0 Å². The molecule has 2 aromatic carbocycles. The first-order valence-electron chi connectivity index (χ1n) is 11.2. The van der Waals surface area contributed by atoms with Gasteiger partial charge in [-0.05, 0) is 95.2 Å². The van der Waals surface area contributed by atoms with E-state index in [-0.39, 0.29) is 0 Å². The molecule has 0 nitrogen and oxygen atoms in total. The van der Waals surface area contributed by atoms with E-state index < -0.39 is 0 Å². The molecule has 0 aliphatic heterocycles. The van der Waals surface area contributed by atoms with Gasteiger partial charge in [-0.1, -0.05) is 77.6 Å². The molecule has 0 fully saturated rings. The average molecular weight is 375 g/mol. The van der Waals surface area contributed by atoms with Crippen LogP contribution >= 0.6 is 0 Å². The Labute approximate surface area is 173 Å². The fourth-order valence-corrected chi connectivity index (χ4v) is 4.75. The Hall–Kier alpha value is -1.82. The molecule has 0 radical (unpaired) electrons. The van der Waals surface area contributed by atoms with Crippen LogP contribution < -0.4 is 0 Å². The summed E-state index contributed by atoms with van der Waals surface area (Å²) in [4.78, 5) is 0. The zero-order valence-corrected chi connectivity index (χ0v) is 18.7. The molecule has 3 rings (SSSR count). The number of hydrogen-bond donors (Lipinski definition) is 0. The topological polar surface area (TPSA) is 0 Å². The van der Waals surface area contributed by atoms with Crippen molar-refractivity contribution >= 4 is 5.57 Å². The second kappa shape index (κ2) is 8.68. The van der Waals surface area contributed by atoms with Crippen molar-refractivity contribution in [2.24, 2.45) is 11.3 Å². The van der Waals surface area contributed by atoms with Crippen LogP contribution in [0.25, 0.3) is 5.57 Å². The first kappa shape index (κ1) is 20.9. The smallest absolute Gasteiger partial charge is 0.0224 e. The Balaban J connectivity index is 1.74. The van der Waals surface area contributed by atoms with E-state index in [0.29, 0.717) is 11.3 Å². The first-order chi connectivity index (χ1) is 13.3. The summed E-state index contributed by atoms with van der Waals surface area (Å²) in [5, 5.41) is 0. The van der Waals surface area contributed by atoms with E-state index in [4.69, 9.17) is 0 Å². The lowest BCUT2D eigenvalue weighted by atomic mass is 9.72. The van der Waals surface area contributed by atoms with Crippen LogP contribution in [-0.2, 0) is 32.1 Å². The monoisotopic (exact) mass is 374 g/mol. The summed E-state index contributed by atoms with van der Waals surface area (Å²) in [6, 6.07) is 13.9. The molecule has 150 valence electrons. The molecule has 0 spiro atoms. The Kier molecular flexibility index (Phi) is 6.48. The highest BCUT2D eigenvalue weighted by Gasteiger charge is 2.27. The van der Waals surface area contributed by atoms with Crippen molar-refractivity contribution in [3.05, 3.63) is 76.4 Å². The summed E-state index contributed by atoms with van der Waals surface area (Å²) in [6.45, 7) is 16.1. The van der Waals surface area contributed by atoms with Gasteiger partial charge in [0.05, 0.1) is 0 Å². The van der Waals surface area contributed by atoms with Crippen molar-refractivity contribution in [2.45, 2.75) is 79.6 Å². The van der Waals surface area contributed by atoms with E-state index >= 15 is 0 Å². The van der Waals surface area contributed by atoms with Crippen molar-refractivity contribution in [2.75, 3.05) is 0 Å². The minimum Gasteiger partial charge on any atom is -0.0952 e. The Bertz CT molecular complexity index is 818. The highest BCUT2D eigenvalue weighted by Crippen LogP contribution is 2.38. The van der Waals surface area contributed by atoms with E-state index in [1.807, 2.05) is 0 Å². The van der Waals surface area contributed by atoms with Gasteiger partial charge in [0, 0.05) is 0 Å². The van der Waals surface area contributed by atoms with Gasteiger partial charge in [0.15, 0.2) is 0 Å². The van der Waals surface area contributed by atoms with Crippen molar-refractivity contribution in [3.8, 4) is 0 Å². The fourth-order valence-electron chi connectivity index (χ4n) is 4.75. The van der Waals surface area contributed by atoms with Gasteiger partial charge in [0.2, 0.25) is 0 Å². The Morgan fingerprint density at radius 3 is 2.43 bits per heavy atom. The SMILES string of the molecule is C=C(CCc1c(CC)ccc2c1CCC(C)(C)C2)c1ccc(CC(C)C)cc1. The first-order valence-corrected chi connectivity index (χ1v) is 11.2. The largest absolute Gasteiger partial charge is 0.0952 e. The van der Waals surface area contributed by atoms with Crippen LogP contribution in [-0.4, -0.2) is 0 Å². The van der Waals surface area contributed by atoms with Crippen LogP contribution in [0.15, 0.2) is 43.0 Å². The maximum atomic E-state index is 4.42. The number of rotatable bonds is 7. The maximum Gasteiger partial charge on any atom is -0.0224 e. The Morgan fingerprint density at radius 1 is 1.07 bits per heavy atom. The van der Waals surface area contributed by atoms with E-state index in [1.54, 1.807) is 22.3 Å². The van der Waals surface area contributed by atoms with E-state index in [9.17, 15) is 0 Å². The standard InChI is InChI=1S/C28H38/c1-7-23-13-14-25-19-28(5,6)17-16-27(25)26(23)15-8-21(4)24-11-9-22(10-12-24)18-20(2)3/h9-14,20H,4,7-8,15-19H2,1-3,5-6H3. The van der Waals surface area contributed by atoms with Crippen LogP contribution in [0.3, 0.4) is 0 Å². The summed E-state index contributed by atoms with van der Waals surface area (Å²) in [5.41, 5.74) is 10.8. The third-order valence-corrected chi connectivity index (χ3v) is 6.41. The molecule has 0 atom stereocenters. The number of allylic oxidation sites excluding steroid dienone is 1. The second-order valence-electron chi connectivity index (χ2n) is 9.93. The van der Waals surface area contributed by atoms with Crippen LogP contribution in [0.4, 0.5) is 0 Å². The third-order valence-electron chi connectivity index (χ3n) is 6.41. The molecule has 0 aromatic heterocycles. The molecule has 1 aliphatic carbocycles. The average Bonchev–Trinajstić information content (AvgIpc) is 2.65. The minimum atomic E-state index is 0.444. The molecule has 0 N–H and O–H groups in total. The maximum absolute atomic E-state index is 4.42. The third kappa shape index (κ3) is 4.96. The number of hydrogen-bond acceptors (Lipinski definition) is 0. The van der Waals surface area contributed by atoms with E-state index in [0.717, 1.165) is 25.7 Å². The van der Waals surface area contributed by atoms with E-state index in [1.165, 1.54) is 36.0 Å². The van der Waals surface area contributed by atoms with Gasteiger partial charge in [-0.15, -0.1) is 0 Å². The molecule has 0 heterocycles. The quantitative estimate of drug-likeness (QED) is 0.468. The summed E-state index contributed by atoms with van der Waals surface area (Å²) in [5.74, 6) is 0.704. The summed E-state index contributed by atoms with van der Waals surface area (Å²) < 4.78 is 0.